The van der Waals surface area contributed by atoms with Crippen molar-refractivity contribution in [1.29, 1.82) is 0 Å². The fourth-order valence-corrected chi connectivity index (χ4v) is 5.14. The summed E-state index contributed by atoms with van der Waals surface area (Å²) >= 11 is 0. The summed E-state index contributed by atoms with van der Waals surface area (Å²) in [6.45, 7) is 0. The molecule has 0 aromatic heterocycles. The van der Waals surface area contributed by atoms with Gasteiger partial charge in [-0.05, 0) is 23.8 Å². The Kier molecular flexibility index (Phi) is 5.63. The Morgan fingerprint density at radius 2 is 1.59 bits per heavy atom. The van der Waals surface area contributed by atoms with Crippen molar-refractivity contribution in [2.24, 2.45) is 0 Å². The minimum atomic E-state index is -4.13. The van der Waals surface area contributed by atoms with E-state index in [0.717, 1.165) is 4.31 Å². The predicted molar refractivity (Wildman–Crippen MR) is 124 cm³/mol. The van der Waals surface area contributed by atoms with Gasteiger partial charge in [-0.3, -0.25) is 9.10 Å². The van der Waals surface area contributed by atoms with Crippen LogP contribution in [0.4, 0.5) is 11.4 Å². The average molecular weight is 451 g/mol. The van der Waals surface area contributed by atoms with Gasteiger partial charge in [0.25, 0.3) is 15.9 Å². The Bertz CT molecular complexity index is 1320. The van der Waals surface area contributed by atoms with Gasteiger partial charge in [0.2, 0.25) is 0 Å². The lowest BCUT2D eigenvalue weighted by molar-refractivity contribution is -0.112. The molecule has 0 unspecified atom stereocenters. The zero-order chi connectivity index (χ0) is 22.9. The molecule has 1 aliphatic rings. The number of hydrogen-bond acceptors (Lipinski definition) is 5. The third-order valence-electron chi connectivity index (χ3n) is 5.28. The zero-order valence-electron chi connectivity index (χ0n) is 17.8. The Balaban J connectivity index is 1.92. The molecule has 0 bridgehead atoms. The molecule has 0 saturated carbocycles. The van der Waals surface area contributed by atoms with Gasteiger partial charge in [0.15, 0.2) is 4.91 Å². The molecule has 1 aliphatic heterocycles. The molecule has 8 heteroatoms. The van der Waals surface area contributed by atoms with Gasteiger partial charge in [0.05, 0.1) is 25.6 Å². The van der Waals surface area contributed by atoms with E-state index in [-0.39, 0.29) is 4.91 Å². The number of rotatable bonds is 5. The first-order valence-corrected chi connectivity index (χ1v) is 11.2. The van der Waals surface area contributed by atoms with Gasteiger partial charge in [0, 0.05) is 24.3 Å². The lowest BCUT2D eigenvalue weighted by atomic mass is 9.95. The number of carbonyl (C=O) groups is 1. The number of ether oxygens (including phenoxy) is 2. The normalized spacial score (nSPS) is 14.5. The molecule has 3 aromatic rings. The quantitative estimate of drug-likeness (QED) is 0.638. The average Bonchev–Trinajstić information content (AvgIpc) is 2.82. The summed E-state index contributed by atoms with van der Waals surface area (Å²) in [5, 5.41) is 2.71. The van der Waals surface area contributed by atoms with Crippen LogP contribution in [0.25, 0.3) is 5.57 Å². The Hall–Kier alpha value is -3.78. The maximum Gasteiger partial charge on any atom is 0.270 e. The number of amides is 1. The molecule has 1 N–H and O–H groups in total. The van der Waals surface area contributed by atoms with Crippen LogP contribution in [0.5, 0.6) is 11.5 Å². The molecule has 0 spiro atoms. The summed E-state index contributed by atoms with van der Waals surface area (Å²) in [5.74, 6) is 0.137. The van der Waals surface area contributed by atoms with Crippen LogP contribution in [0.3, 0.4) is 0 Å². The van der Waals surface area contributed by atoms with E-state index in [0.29, 0.717) is 39.6 Å². The van der Waals surface area contributed by atoms with Gasteiger partial charge >= 0.3 is 0 Å². The van der Waals surface area contributed by atoms with Crippen molar-refractivity contribution in [3.05, 3.63) is 88.8 Å². The molecule has 0 fully saturated rings. The number of nitrogens with one attached hydrogen (secondary N) is 1. The van der Waals surface area contributed by atoms with Crippen molar-refractivity contribution in [2.75, 3.05) is 30.9 Å². The minimum absolute atomic E-state index is 0.329. The topological polar surface area (TPSA) is 84.9 Å². The first kappa shape index (κ1) is 21.5. The number of carbonyl (C=O) groups excluding carboxylic acids is 1. The van der Waals surface area contributed by atoms with E-state index < -0.39 is 15.9 Å². The molecule has 32 heavy (non-hydrogen) atoms. The number of hydrogen-bond donors (Lipinski definition) is 1. The summed E-state index contributed by atoms with van der Waals surface area (Å²) in [4.78, 5) is 13.2. The van der Waals surface area contributed by atoms with Crippen LogP contribution >= 0.6 is 0 Å². The van der Waals surface area contributed by atoms with Crippen molar-refractivity contribution >= 4 is 32.9 Å². The second kappa shape index (κ2) is 8.39. The number of nitrogens with zero attached hydrogens (tertiary/aromatic N) is 1. The molecule has 0 aliphatic carbocycles. The van der Waals surface area contributed by atoms with E-state index in [4.69, 9.17) is 9.47 Å². The van der Waals surface area contributed by atoms with Crippen molar-refractivity contribution in [3.8, 4) is 11.5 Å². The third kappa shape index (κ3) is 3.58. The molecule has 0 radical (unpaired) electrons. The van der Waals surface area contributed by atoms with E-state index in [9.17, 15) is 13.2 Å². The van der Waals surface area contributed by atoms with Crippen LogP contribution in [0.15, 0.2) is 77.7 Å². The van der Waals surface area contributed by atoms with E-state index in [2.05, 4.69) is 5.32 Å². The highest BCUT2D eigenvalue weighted by Gasteiger charge is 2.39. The fraction of sp³-hybridized carbons (Fsp3) is 0.125. The van der Waals surface area contributed by atoms with Crippen LogP contribution in [0.1, 0.15) is 11.1 Å². The lowest BCUT2D eigenvalue weighted by Crippen LogP contribution is -2.37. The molecule has 0 saturated heterocycles. The number of anilines is 2. The highest BCUT2D eigenvalue weighted by atomic mass is 32.2. The van der Waals surface area contributed by atoms with E-state index in [1.807, 2.05) is 18.2 Å². The Morgan fingerprint density at radius 1 is 0.906 bits per heavy atom. The standard InChI is InChI=1S/C24H22N2O5S/c1-26-20-12-8-7-11-18(20)22(16-9-5-4-6-10-16)23(32(26,28)29)24(27)25-19-14-13-17(30-2)15-21(19)31-3/h4-15H,1-3H3,(H,25,27). The number of methoxy groups -OCH3 is 2. The molecule has 0 atom stereocenters. The van der Waals surface area contributed by atoms with Crippen LogP contribution < -0.4 is 19.1 Å². The molecule has 7 nitrogen and oxygen atoms in total. The summed E-state index contributed by atoms with van der Waals surface area (Å²) in [5.41, 5.74) is 2.47. The Morgan fingerprint density at radius 3 is 2.28 bits per heavy atom. The SMILES string of the molecule is COc1ccc(NC(=O)C2=C(c3ccccc3)c3ccccc3N(C)S2(=O)=O)c(OC)c1. The van der Waals surface area contributed by atoms with Gasteiger partial charge in [-0.15, -0.1) is 0 Å². The van der Waals surface area contributed by atoms with E-state index >= 15 is 0 Å². The highest BCUT2D eigenvalue weighted by Crippen LogP contribution is 2.42. The van der Waals surface area contributed by atoms with Crippen molar-refractivity contribution < 1.29 is 22.7 Å². The largest absolute Gasteiger partial charge is 0.497 e. The molecule has 1 heterocycles. The first-order valence-electron chi connectivity index (χ1n) is 9.80. The molecule has 1 amide bonds. The van der Waals surface area contributed by atoms with E-state index in [1.165, 1.54) is 21.3 Å². The van der Waals surface area contributed by atoms with Gasteiger partial charge < -0.3 is 14.8 Å². The second-order valence-corrected chi connectivity index (χ2v) is 8.99. The second-order valence-electron chi connectivity index (χ2n) is 7.08. The predicted octanol–water partition coefficient (Wildman–Crippen LogP) is 3.88. The summed E-state index contributed by atoms with van der Waals surface area (Å²) in [6.07, 6.45) is 0. The van der Waals surface area contributed by atoms with Crippen LogP contribution in [0, 0.1) is 0 Å². The van der Waals surface area contributed by atoms with Gasteiger partial charge in [-0.25, -0.2) is 8.42 Å². The Labute approximate surface area is 186 Å². The van der Waals surface area contributed by atoms with Gasteiger partial charge in [-0.1, -0.05) is 48.5 Å². The number of fused-ring (bicyclic) bond motifs is 1. The maximum atomic E-state index is 13.5. The third-order valence-corrected chi connectivity index (χ3v) is 7.11. The van der Waals surface area contributed by atoms with Crippen LogP contribution in [-0.2, 0) is 14.8 Å². The summed E-state index contributed by atoms with van der Waals surface area (Å²) < 4.78 is 38.7. The van der Waals surface area contributed by atoms with Crippen molar-refractivity contribution in [2.45, 2.75) is 0 Å². The monoisotopic (exact) mass is 450 g/mol. The van der Waals surface area contributed by atoms with Crippen LogP contribution in [-0.4, -0.2) is 35.6 Å². The summed E-state index contributed by atoms with van der Waals surface area (Å²) in [6, 6.07) is 21.0. The molecule has 164 valence electrons. The van der Waals surface area contributed by atoms with Crippen LogP contribution in [0.2, 0.25) is 0 Å². The van der Waals surface area contributed by atoms with Gasteiger partial charge in [0.1, 0.15) is 11.5 Å². The molecular formula is C24H22N2O5S. The molecule has 3 aromatic carbocycles. The molecular weight excluding hydrogens is 428 g/mol. The number of benzene rings is 3. The highest BCUT2D eigenvalue weighted by molar-refractivity contribution is 7.97. The fourth-order valence-electron chi connectivity index (χ4n) is 3.68. The smallest absolute Gasteiger partial charge is 0.270 e. The van der Waals surface area contributed by atoms with E-state index in [1.54, 1.807) is 54.6 Å². The lowest BCUT2D eigenvalue weighted by Gasteiger charge is -2.31. The molecule has 4 rings (SSSR count). The number of para-hydroxylation sites is 1. The zero-order valence-corrected chi connectivity index (χ0v) is 18.6. The first-order chi connectivity index (χ1) is 15.4. The van der Waals surface area contributed by atoms with Gasteiger partial charge in [-0.2, -0.15) is 0 Å². The van der Waals surface area contributed by atoms with Crippen molar-refractivity contribution in [3.63, 3.8) is 0 Å². The summed E-state index contributed by atoms with van der Waals surface area (Å²) in [7, 11) is 0.291. The number of sulfonamides is 1. The minimum Gasteiger partial charge on any atom is -0.497 e. The maximum absolute atomic E-state index is 13.5. The van der Waals surface area contributed by atoms with Crippen molar-refractivity contribution in [1.82, 2.24) is 0 Å².